The maximum atomic E-state index is 12.7. The summed E-state index contributed by atoms with van der Waals surface area (Å²) in [5, 5.41) is 11.8. The number of aliphatic hydroxyl groups excluding tert-OH is 1. The lowest BCUT2D eigenvalue weighted by Crippen LogP contribution is -2.34. The number of aliphatic hydroxyl groups is 1. The van der Waals surface area contributed by atoms with E-state index in [0.29, 0.717) is 25.1 Å². The minimum atomic E-state index is -1.25. The van der Waals surface area contributed by atoms with Gasteiger partial charge < -0.3 is 14.6 Å². The van der Waals surface area contributed by atoms with Gasteiger partial charge in [-0.1, -0.05) is 37.8 Å². The summed E-state index contributed by atoms with van der Waals surface area (Å²) in [7, 11) is -1.25. The highest BCUT2D eigenvalue weighted by molar-refractivity contribution is 6.76. The lowest BCUT2D eigenvalue weighted by Gasteiger charge is -2.30. The van der Waals surface area contributed by atoms with Gasteiger partial charge in [-0.05, 0) is 62.4 Å². The molecule has 0 heterocycles. The normalized spacial score (nSPS) is 23.0. The van der Waals surface area contributed by atoms with Crippen LogP contribution in [0.5, 0.6) is 0 Å². The molecule has 1 aliphatic rings. The third-order valence-corrected chi connectivity index (χ3v) is 7.12. The van der Waals surface area contributed by atoms with Crippen molar-refractivity contribution >= 4 is 25.8 Å². The van der Waals surface area contributed by atoms with Crippen molar-refractivity contribution in [2.24, 2.45) is 5.41 Å². The first-order valence-corrected chi connectivity index (χ1v) is 14.3. The average Bonchev–Trinajstić information content (AvgIpc) is 2.67. The van der Waals surface area contributed by atoms with Crippen molar-refractivity contribution in [2.75, 3.05) is 11.9 Å². The molecule has 7 heteroatoms. The summed E-state index contributed by atoms with van der Waals surface area (Å²) in [5.74, 6) is -0.150. The third-order valence-electron chi connectivity index (χ3n) is 5.41. The van der Waals surface area contributed by atoms with Crippen molar-refractivity contribution < 1.29 is 24.2 Å². The molecule has 0 unspecified atom stereocenters. The smallest absolute Gasteiger partial charge is 0.412 e. The molecule has 166 valence electrons. The van der Waals surface area contributed by atoms with Gasteiger partial charge >= 0.3 is 12.1 Å². The molecule has 1 aromatic carbocycles. The Morgan fingerprint density at radius 2 is 1.90 bits per heavy atom. The Morgan fingerprint density at radius 3 is 2.53 bits per heavy atom. The van der Waals surface area contributed by atoms with Crippen LogP contribution in [-0.2, 0) is 20.9 Å². The number of amides is 1. The first-order valence-electron chi connectivity index (χ1n) is 10.6. The number of nitrogens with one attached hydrogen (secondary N) is 1. The van der Waals surface area contributed by atoms with E-state index < -0.39 is 25.7 Å². The molecule has 0 bridgehead atoms. The number of hydrogen-bond acceptors (Lipinski definition) is 5. The van der Waals surface area contributed by atoms with E-state index in [4.69, 9.17) is 14.6 Å². The summed E-state index contributed by atoms with van der Waals surface area (Å²) in [6.07, 6.45) is 5.57. The van der Waals surface area contributed by atoms with Crippen LogP contribution in [0.4, 0.5) is 10.5 Å². The van der Waals surface area contributed by atoms with Gasteiger partial charge in [-0.15, -0.1) is 0 Å². The highest BCUT2D eigenvalue weighted by atomic mass is 28.3. The molecule has 2 atom stereocenters. The lowest BCUT2D eigenvalue weighted by molar-refractivity contribution is -0.155. The molecule has 0 radical (unpaired) electrons. The van der Waals surface area contributed by atoms with E-state index in [1.807, 2.05) is 19.1 Å². The van der Waals surface area contributed by atoms with Crippen molar-refractivity contribution in [3.63, 3.8) is 0 Å². The van der Waals surface area contributed by atoms with Crippen molar-refractivity contribution in [3.8, 4) is 0 Å². The molecule has 1 aromatic rings. The Labute approximate surface area is 180 Å². The first kappa shape index (κ1) is 24.1. The number of hydrogen-bond donors (Lipinski definition) is 2. The highest BCUT2D eigenvalue weighted by Gasteiger charge is 2.36. The molecule has 2 rings (SSSR count). The second-order valence-corrected chi connectivity index (χ2v) is 15.1. The molecule has 1 aliphatic carbocycles. The summed E-state index contributed by atoms with van der Waals surface area (Å²) in [4.78, 5) is 25.0. The predicted molar refractivity (Wildman–Crippen MR) is 121 cm³/mol. The van der Waals surface area contributed by atoms with Gasteiger partial charge in [0, 0.05) is 13.8 Å². The van der Waals surface area contributed by atoms with Crippen LogP contribution in [0.2, 0.25) is 25.7 Å². The van der Waals surface area contributed by atoms with Crippen molar-refractivity contribution in [1.82, 2.24) is 0 Å². The van der Waals surface area contributed by atoms with Gasteiger partial charge in [-0.3, -0.25) is 10.1 Å². The molecule has 0 saturated carbocycles. The standard InChI is InChI=1S/C23H35NO5Si/c1-23(21(26)28-15-16-30(2,3)4)13-6-5-7-20(12-14-23)29-22(27)24-19-10-8-18(17-25)9-11-19/h5,7-11,20,25H,6,12-17H2,1-4H3,(H,24,27)/b7-5+/t20-,23+/m0/s1. The fraction of sp³-hybridized carbons (Fsp3) is 0.565. The zero-order valence-corrected chi connectivity index (χ0v) is 19.6. The Morgan fingerprint density at radius 1 is 1.20 bits per heavy atom. The maximum Gasteiger partial charge on any atom is 0.412 e. The largest absolute Gasteiger partial charge is 0.466 e. The number of rotatable bonds is 7. The second-order valence-electron chi connectivity index (χ2n) is 9.44. The van der Waals surface area contributed by atoms with Gasteiger partial charge in [0.15, 0.2) is 0 Å². The number of benzene rings is 1. The molecule has 0 spiro atoms. The van der Waals surface area contributed by atoms with E-state index in [-0.39, 0.29) is 12.6 Å². The number of anilines is 1. The van der Waals surface area contributed by atoms with Crippen LogP contribution >= 0.6 is 0 Å². The highest BCUT2D eigenvalue weighted by Crippen LogP contribution is 2.34. The Kier molecular flexibility index (Phi) is 8.67. The number of ether oxygens (including phenoxy) is 2. The molecule has 6 nitrogen and oxygen atoms in total. The third kappa shape index (κ3) is 7.95. The van der Waals surface area contributed by atoms with Gasteiger partial charge in [0.25, 0.3) is 0 Å². The van der Waals surface area contributed by atoms with E-state index in [1.165, 1.54) is 0 Å². The topological polar surface area (TPSA) is 84.9 Å². The van der Waals surface area contributed by atoms with Crippen LogP contribution < -0.4 is 5.32 Å². The van der Waals surface area contributed by atoms with Gasteiger partial charge in [0.05, 0.1) is 18.6 Å². The summed E-state index contributed by atoms with van der Waals surface area (Å²) < 4.78 is 11.2. The van der Waals surface area contributed by atoms with Gasteiger partial charge in [-0.2, -0.15) is 0 Å². The SMILES string of the molecule is C[C@@]1(C(=O)OCC[Si](C)(C)C)CC/C=C/[C@H](OC(=O)Nc2ccc(CO)cc2)CC1. The molecular formula is C23H35NO5Si. The van der Waals surface area contributed by atoms with E-state index in [9.17, 15) is 9.59 Å². The maximum absolute atomic E-state index is 12.7. The van der Waals surface area contributed by atoms with Crippen LogP contribution in [-0.4, -0.2) is 38.0 Å². The fourth-order valence-corrected chi connectivity index (χ4v) is 3.95. The molecule has 30 heavy (non-hydrogen) atoms. The molecule has 2 N–H and O–H groups in total. The quantitative estimate of drug-likeness (QED) is 0.354. The molecule has 0 fully saturated rings. The first-order chi connectivity index (χ1) is 14.1. The molecule has 0 aromatic heterocycles. The van der Waals surface area contributed by atoms with E-state index in [2.05, 4.69) is 25.0 Å². The second kappa shape index (κ2) is 10.8. The summed E-state index contributed by atoms with van der Waals surface area (Å²) in [5.41, 5.74) is 0.804. The zero-order chi connectivity index (χ0) is 22.2. The molecule has 1 amide bonds. The number of allylic oxidation sites excluding steroid dienone is 1. The molecule has 0 saturated heterocycles. The predicted octanol–water partition coefficient (Wildman–Crippen LogP) is 5.11. The van der Waals surface area contributed by atoms with Crippen LogP contribution in [0.3, 0.4) is 0 Å². The van der Waals surface area contributed by atoms with Crippen molar-refractivity contribution in [1.29, 1.82) is 0 Å². The van der Waals surface area contributed by atoms with Crippen LogP contribution in [0.15, 0.2) is 36.4 Å². The Hall–Kier alpha value is -2.12. The summed E-state index contributed by atoms with van der Waals surface area (Å²) >= 11 is 0. The Bertz CT molecular complexity index is 741. The fourth-order valence-electron chi connectivity index (χ4n) is 3.24. The van der Waals surface area contributed by atoms with Gasteiger partial charge in [0.2, 0.25) is 0 Å². The monoisotopic (exact) mass is 433 g/mol. The van der Waals surface area contributed by atoms with Gasteiger partial charge in [0.1, 0.15) is 6.10 Å². The lowest BCUT2D eigenvalue weighted by atomic mass is 9.79. The van der Waals surface area contributed by atoms with Crippen LogP contribution in [0.25, 0.3) is 0 Å². The molecular weight excluding hydrogens is 398 g/mol. The van der Waals surface area contributed by atoms with Gasteiger partial charge in [-0.25, -0.2) is 4.79 Å². The van der Waals surface area contributed by atoms with Crippen LogP contribution in [0, 0.1) is 5.41 Å². The number of carbonyl (C=O) groups is 2. The van der Waals surface area contributed by atoms with E-state index in [0.717, 1.165) is 24.4 Å². The average molecular weight is 434 g/mol. The zero-order valence-electron chi connectivity index (χ0n) is 18.6. The molecule has 0 aliphatic heterocycles. The number of carbonyl (C=O) groups excluding carboxylic acids is 2. The Balaban J connectivity index is 1.88. The minimum absolute atomic E-state index is 0.0447. The van der Waals surface area contributed by atoms with Crippen LogP contribution in [0.1, 0.15) is 38.2 Å². The number of esters is 1. The minimum Gasteiger partial charge on any atom is -0.466 e. The summed E-state index contributed by atoms with van der Waals surface area (Å²) in [6.45, 7) is 9.17. The van der Waals surface area contributed by atoms with E-state index >= 15 is 0 Å². The van der Waals surface area contributed by atoms with Crippen molar-refractivity contribution in [3.05, 3.63) is 42.0 Å². The van der Waals surface area contributed by atoms with Crippen molar-refractivity contribution in [2.45, 2.75) is 71.0 Å². The summed E-state index contributed by atoms with van der Waals surface area (Å²) in [6, 6.07) is 7.87. The van der Waals surface area contributed by atoms with E-state index in [1.54, 1.807) is 24.3 Å².